The number of ether oxygens (including phenoxy) is 2. The number of hydrogen-bond donors (Lipinski definition) is 0. The Morgan fingerprint density at radius 1 is 1.28 bits per heavy atom. The van der Waals surface area contributed by atoms with E-state index >= 15 is 0 Å². The van der Waals surface area contributed by atoms with Gasteiger partial charge in [-0.05, 0) is 41.8 Å². The van der Waals surface area contributed by atoms with Gasteiger partial charge in [-0.3, -0.25) is 4.90 Å². The standard InChI is InChI=1S/C20H25N5O4/c1-13-8-14(2)19-16(9-13)15(10-18(26)29-19)11-24-4-7-28-17(12-24)20-21-23-25(22-20)5-6-27-3/h8-10,17H,4-7,11-12H2,1-3H3. The zero-order chi connectivity index (χ0) is 20.4. The molecule has 1 saturated heterocycles. The number of methoxy groups -OCH3 is 1. The van der Waals surface area contributed by atoms with Gasteiger partial charge in [-0.1, -0.05) is 6.07 Å². The van der Waals surface area contributed by atoms with Crippen LogP contribution in [-0.4, -0.2) is 58.5 Å². The van der Waals surface area contributed by atoms with E-state index in [1.807, 2.05) is 19.9 Å². The third-order valence-corrected chi connectivity index (χ3v) is 5.06. The second-order valence-electron chi connectivity index (χ2n) is 7.38. The molecule has 1 fully saturated rings. The molecule has 2 aromatic heterocycles. The number of nitrogens with zero attached hydrogens (tertiary/aromatic N) is 5. The van der Waals surface area contributed by atoms with Gasteiger partial charge in [0, 0.05) is 38.2 Å². The fraction of sp³-hybridized carbons (Fsp3) is 0.500. The smallest absolute Gasteiger partial charge is 0.336 e. The number of benzene rings is 1. The first-order valence-electron chi connectivity index (χ1n) is 9.68. The minimum Gasteiger partial charge on any atom is -0.422 e. The summed E-state index contributed by atoms with van der Waals surface area (Å²) in [6, 6.07) is 5.69. The van der Waals surface area contributed by atoms with Gasteiger partial charge in [0.15, 0.2) is 0 Å². The Hall–Kier alpha value is -2.62. The van der Waals surface area contributed by atoms with E-state index in [2.05, 4.69) is 26.4 Å². The molecule has 0 radical (unpaired) electrons. The van der Waals surface area contributed by atoms with Crippen molar-refractivity contribution in [2.24, 2.45) is 0 Å². The first-order chi connectivity index (χ1) is 14.0. The summed E-state index contributed by atoms with van der Waals surface area (Å²) in [4.78, 5) is 15.9. The van der Waals surface area contributed by atoms with Crippen molar-refractivity contribution < 1.29 is 13.9 Å². The topological polar surface area (TPSA) is 95.5 Å². The molecule has 1 aliphatic heterocycles. The summed E-state index contributed by atoms with van der Waals surface area (Å²) >= 11 is 0. The van der Waals surface area contributed by atoms with E-state index < -0.39 is 0 Å². The Labute approximate surface area is 168 Å². The molecule has 3 aromatic rings. The number of fused-ring (bicyclic) bond motifs is 1. The maximum atomic E-state index is 12.1. The summed E-state index contributed by atoms with van der Waals surface area (Å²) in [7, 11) is 1.64. The van der Waals surface area contributed by atoms with Crippen molar-refractivity contribution >= 4 is 11.0 Å². The Morgan fingerprint density at radius 3 is 2.97 bits per heavy atom. The molecule has 0 spiro atoms. The number of morpholine rings is 1. The molecule has 9 nitrogen and oxygen atoms in total. The zero-order valence-corrected chi connectivity index (χ0v) is 16.9. The highest BCUT2D eigenvalue weighted by Gasteiger charge is 2.26. The number of aromatic nitrogens is 4. The molecule has 4 rings (SSSR count). The number of hydrogen-bond acceptors (Lipinski definition) is 8. The van der Waals surface area contributed by atoms with Gasteiger partial charge in [-0.2, -0.15) is 4.80 Å². The molecule has 1 aromatic carbocycles. The van der Waals surface area contributed by atoms with Crippen LogP contribution in [0, 0.1) is 13.8 Å². The lowest BCUT2D eigenvalue weighted by atomic mass is 10.0. The molecule has 1 unspecified atom stereocenters. The number of aryl methyl sites for hydroxylation is 2. The van der Waals surface area contributed by atoms with Crippen molar-refractivity contribution in [3.63, 3.8) is 0 Å². The maximum absolute atomic E-state index is 12.1. The molecule has 0 bridgehead atoms. The van der Waals surface area contributed by atoms with Crippen LogP contribution in [0.1, 0.15) is 28.6 Å². The van der Waals surface area contributed by atoms with Crippen LogP contribution in [0.4, 0.5) is 0 Å². The molecule has 0 N–H and O–H groups in total. The van der Waals surface area contributed by atoms with Gasteiger partial charge in [0.2, 0.25) is 5.82 Å². The van der Waals surface area contributed by atoms with Crippen LogP contribution in [0.2, 0.25) is 0 Å². The maximum Gasteiger partial charge on any atom is 0.336 e. The van der Waals surface area contributed by atoms with Gasteiger partial charge >= 0.3 is 5.63 Å². The van der Waals surface area contributed by atoms with Crippen LogP contribution in [0.15, 0.2) is 27.4 Å². The van der Waals surface area contributed by atoms with Gasteiger partial charge in [-0.25, -0.2) is 4.79 Å². The van der Waals surface area contributed by atoms with Gasteiger partial charge in [0.05, 0.1) is 19.8 Å². The Morgan fingerprint density at radius 2 is 2.14 bits per heavy atom. The van der Waals surface area contributed by atoms with Crippen LogP contribution >= 0.6 is 0 Å². The molecule has 1 aliphatic rings. The predicted molar refractivity (Wildman–Crippen MR) is 106 cm³/mol. The van der Waals surface area contributed by atoms with E-state index in [4.69, 9.17) is 13.9 Å². The number of rotatable bonds is 6. The van der Waals surface area contributed by atoms with Crippen LogP contribution in [-0.2, 0) is 22.6 Å². The highest BCUT2D eigenvalue weighted by atomic mass is 16.5. The quantitative estimate of drug-likeness (QED) is 0.577. The molecule has 3 heterocycles. The molecule has 0 saturated carbocycles. The third kappa shape index (κ3) is 4.36. The Balaban J connectivity index is 1.54. The lowest BCUT2D eigenvalue weighted by molar-refractivity contribution is -0.0373. The zero-order valence-electron chi connectivity index (χ0n) is 16.9. The SMILES string of the molecule is COCCn1nnc(C2CN(Cc3cc(=O)oc4c(C)cc(C)cc34)CCO2)n1. The molecule has 1 atom stereocenters. The van der Waals surface area contributed by atoms with E-state index in [0.717, 1.165) is 28.6 Å². The average Bonchev–Trinajstić information content (AvgIpc) is 3.16. The van der Waals surface area contributed by atoms with Crippen LogP contribution in [0.25, 0.3) is 11.0 Å². The van der Waals surface area contributed by atoms with E-state index in [0.29, 0.717) is 44.3 Å². The fourth-order valence-corrected chi connectivity index (χ4v) is 3.70. The van der Waals surface area contributed by atoms with E-state index in [1.54, 1.807) is 13.2 Å². The van der Waals surface area contributed by atoms with Crippen molar-refractivity contribution in [3.8, 4) is 0 Å². The average molecular weight is 399 g/mol. The Bertz CT molecular complexity index is 1060. The first kappa shape index (κ1) is 19.7. The molecule has 0 amide bonds. The van der Waals surface area contributed by atoms with Gasteiger partial charge in [0.1, 0.15) is 11.7 Å². The summed E-state index contributed by atoms with van der Waals surface area (Å²) < 4.78 is 16.4. The van der Waals surface area contributed by atoms with E-state index in [9.17, 15) is 4.79 Å². The third-order valence-electron chi connectivity index (χ3n) is 5.06. The van der Waals surface area contributed by atoms with Crippen LogP contribution < -0.4 is 5.63 Å². The minimum atomic E-state index is -0.327. The molecular formula is C20H25N5O4. The molecular weight excluding hydrogens is 374 g/mol. The summed E-state index contributed by atoms with van der Waals surface area (Å²) in [5, 5.41) is 13.6. The highest BCUT2D eigenvalue weighted by molar-refractivity contribution is 5.83. The van der Waals surface area contributed by atoms with Crippen molar-refractivity contribution in [3.05, 3.63) is 51.1 Å². The van der Waals surface area contributed by atoms with Crippen molar-refractivity contribution in [2.45, 2.75) is 33.0 Å². The van der Waals surface area contributed by atoms with E-state index in [1.165, 1.54) is 4.80 Å². The molecule has 0 aliphatic carbocycles. The largest absolute Gasteiger partial charge is 0.422 e. The Kier molecular flexibility index (Phi) is 5.70. The second-order valence-corrected chi connectivity index (χ2v) is 7.38. The van der Waals surface area contributed by atoms with Gasteiger partial charge < -0.3 is 13.9 Å². The van der Waals surface area contributed by atoms with Gasteiger partial charge in [0.25, 0.3) is 0 Å². The summed E-state index contributed by atoms with van der Waals surface area (Å²) in [5.74, 6) is 0.565. The van der Waals surface area contributed by atoms with Crippen LogP contribution in [0.3, 0.4) is 0 Å². The van der Waals surface area contributed by atoms with Gasteiger partial charge in [-0.15, -0.1) is 10.2 Å². The first-order valence-corrected chi connectivity index (χ1v) is 9.68. The lowest BCUT2D eigenvalue weighted by Gasteiger charge is -2.31. The molecule has 154 valence electrons. The monoisotopic (exact) mass is 399 g/mol. The number of tetrazole rings is 1. The van der Waals surface area contributed by atoms with Crippen molar-refractivity contribution in [2.75, 3.05) is 33.4 Å². The van der Waals surface area contributed by atoms with Crippen molar-refractivity contribution in [1.29, 1.82) is 0 Å². The summed E-state index contributed by atoms with van der Waals surface area (Å²) in [6.45, 7) is 7.66. The summed E-state index contributed by atoms with van der Waals surface area (Å²) in [6.07, 6.45) is -0.255. The molecule has 29 heavy (non-hydrogen) atoms. The normalized spacial score (nSPS) is 17.8. The highest BCUT2D eigenvalue weighted by Crippen LogP contribution is 2.25. The van der Waals surface area contributed by atoms with Crippen LogP contribution in [0.5, 0.6) is 0 Å². The fourth-order valence-electron chi connectivity index (χ4n) is 3.70. The van der Waals surface area contributed by atoms with Crippen molar-refractivity contribution in [1.82, 2.24) is 25.1 Å². The lowest BCUT2D eigenvalue weighted by Crippen LogP contribution is -2.38. The minimum absolute atomic E-state index is 0.255. The predicted octanol–water partition coefficient (Wildman–Crippen LogP) is 1.62. The molecule has 9 heteroatoms. The second kappa shape index (κ2) is 8.40. The summed E-state index contributed by atoms with van der Waals surface area (Å²) in [5.41, 5.74) is 3.40. The van der Waals surface area contributed by atoms with E-state index in [-0.39, 0.29) is 11.7 Å².